The predicted octanol–water partition coefficient (Wildman–Crippen LogP) is 4.67. The number of rotatable bonds is 8. The summed E-state index contributed by atoms with van der Waals surface area (Å²) in [7, 11) is 2.11. The molecule has 1 unspecified atom stereocenters. The molecule has 0 aliphatic carbocycles. The van der Waals surface area contributed by atoms with Crippen molar-refractivity contribution in [2.24, 2.45) is 0 Å². The molecule has 1 atom stereocenters. The SMILES string of the molecule is CCOC(=O)N1c2sc(C(=O)NC(C)(C)c3ccccc3)cc2C(NC(=O)c2ccc(CN3CCN(C)CC3)cc2)N1F. The number of halogens is 1. The van der Waals surface area contributed by atoms with Crippen molar-refractivity contribution in [3.8, 4) is 0 Å². The lowest BCUT2D eigenvalue weighted by atomic mass is 9.94. The van der Waals surface area contributed by atoms with Gasteiger partial charge in [-0.15, -0.1) is 15.8 Å². The topological polar surface area (TPSA) is 97.5 Å². The minimum Gasteiger partial charge on any atom is -0.448 e. The standard InChI is InChI=1S/C31H37FN6O4S/c1-5-42-30(41)37-29-24(19-25(43-29)28(40)34-31(2,3)23-9-7-6-8-10-23)26(38(37)32)33-27(39)22-13-11-21(12-14-22)20-36-17-15-35(4)16-18-36/h6-14,19,26H,5,15-18,20H2,1-4H3,(H,33,39)(H,34,40). The number of amides is 3. The maximum Gasteiger partial charge on any atom is 0.432 e. The van der Waals surface area contributed by atoms with Gasteiger partial charge >= 0.3 is 6.09 Å². The molecule has 2 N–H and O–H groups in total. The number of carbonyl (C=O) groups excluding carboxylic acids is 3. The van der Waals surface area contributed by atoms with E-state index in [1.165, 1.54) is 6.07 Å². The number of hydrogen-bond acceptors (Lipinski definition) is 8. The second-order valence-electron chi connectivity index (χ2n) is 11.3. The zero-order valence-corrected chi connectivity index (χ0v) is 25.6. The van der Waals surface area contributed by atoms with Crippen LogP contribution in [0.3, 0.4) is 0 Å². The van der Waals surface area contributed by atoms with E-state index in [1.807, 2.05) is 56.3 Å². The number of piperazine rings is 1. The molecular weight excluding hydrogens is 571 g/mol. The Hall–Kier alpha value is -3.84. The van der Waals surface area contributed by atoms with E-state index in [0.29, 0.717) is 10.6 Å². The predicted molar refractivity (Wildman–Crippen MR) is 163 cm³/mol. The lowest BCUT2D eigenvalue weighted by molar-refractivity contribution is -0.0324. The molecule has 3 amide bonds. The highest BCUT2D eigenvalue weighted by atomic mass is 32.1. The van der Waals surface area contributed by atoms with Crippen molar-refractivity contribution < 1.29 is 23.6 Å². The highest BCUT2D eigenvalue weighted by Gasteiger charge is 2.45. The fraction of sp³-hybridized carbons (Fsp3) is 0.387. The van der Waals surface area contributed by atoms with Crippen molar-refractivity contribution in [1.29, 1.82) is 0 Å². The Morgan fingerprint density at radius 3 is 2.33 bits per heavy atom. The first kappa shape index (κ1) is 30.6. The van der Waals surface area contributed by atoms with E-state index in [0.717, 1.165) is 55.2 Å². The molecule has 2 aromatic carbocycles. The smallest absolute Gasteiger partial charge is 0.432 e. The molecule has 3 heterocycles. The maximum atomic E-state index is 15.6. The Balaban J connectivity index is 1.33. The van der Waals surface area contributed by atoms with E-state index >= 15 is 4.48 Å². The van der Waals surface area contributed by atoms with Crippen molar-refractivity contribution in [3.63, 3.8) is 0 Å². The van der Waals surface area contributed by atoms with E-state index in [-0.39, 0.29) is 33.2 Å². The monoisotopic (exact) mass is 608 g/mol. The molecule has 43 heavy (non-hydrogen) atoms. The molecule has 0 bridgehead atoms. The molecule has 2 aliphatic rings. The molecule has 0 spiro atoms. The van der Waals surface area contributed by atoms with Crippen LogP contribution in [0.5, 0.6) is 0 Å². The average molecular weight is 609 g/mol. The molecule has 0 saturated carbocycles. The van der Waals surface area contributed by atoms with Crippen molar-refractivity contribution >= 4 is 34.2 Å². The molecule has 5 rings (SSSR count). The number of fused-ring (bicyclic) bond motifs is 1. The lowest BCUT2D eigenvalue weighted by Crippen LogP contribution is -2.44. The van der Waals surface area contributed by atoms with E-state index in [1.54, 1.807) is 19.1 Å². The van der Waals surface area contributed by atoms with Crippen LogP contribution in [0.15, 0.2) is 60.7 Å². The minimum absolute atomic E-state index is 0.0278. The maximum absolute atomic E-state index is 15.6. The zero-order chi connectivity index (χ0) is 30.7. The van der Waals surface area contributed by atoms with Gasteiger partial charge in [-0.2, -0.15) is 5.01 Å². The first-order chi connectivity index (χ1) is 20.6. The third-order valence-corrected chi connectivity index (χ3v) is 8.83. The Morgan fingerprint density at radius 1 is 1.00 bits per heavy atom. The van der Waals surface area contributed by atoms with E-state index < -0.39 is 23.7 Å². The first-order valence-corrected chi connectivity index (χ1v) is 15.1. The summed E-state index contributed by atoms with van der Waals surface area (Å²) in [5.74, 6) is -0.902. The van der Waals surface area contributed by atoms with E-state index in [9.17, 15) is 14.4 Å². The van der Waals surface area contributed by atoms with Gasteiger partial charge < -0.3 is 20.3 Å². The highest BCUT2D eigenvalue weighted by Crippen LogP contribution is 2.45. The number of benzene rings is 2. The summed E-state index contributed by atoms with van der Waals surface area (Å²) in [6.07, 6.45) is -2.29. The fourth-order valence-corrected chi connectivity index (χ4v) is 6.23. The van der Waals surface area contributed by atoms with Crippen LogP contribution >= 0.6 is 11.3 Å². The van der Waals surface area contributed by atoms with Gasteiger partial charge in [-0.05, 0) is 62.4 Å². The van der Waals surface area contributed by atoms with Crippen LogP contribution < -0.4 is 15.6 Å². The third-order valence-electron chi connectivity index (χ3n) is 7.70. The molecule has 3 aromatic rings. The number of hydrazine groups is 1. The van der Waals surface area contributed by atoms with Gasteiger partial charge in [0.25, 0.3) is 11.8 Å². The Labute approximate surface area is 254 Å². The van der Waals surface area contributed by atoms with Crippen molar-refractivity contribution in [1.82, 2.24) is 25.7 Å². The van der Waals surface area contributed by atoms with Crippen LogP contribution in [0.1, 0.15) is 63.7 Å². The molecule has 10 nitrogen and oxygen atoms in total. The summed E-state index contributed by atoms with van der Waals surface area (Å²) in [6.45, 7) is 10.2. The molecule has 1 fully saturated rings. The van der Waals surface area contributed by atoms with Crippen LogP contribution in [0.2, 0.25) is 0 Å². The fourth-order valence-electron chi connectivity index (χ4n) is 5.17. The number of hydrogen-bond donors (Lipinski definition) is 2. The Morgan fingerprint density at radius 2 is 1.67 bits per heavy atom. The lowest BCUT2D eigenvalue weighted by Gasteiger charge is -2.32. The number of nitrogens with one attached hydrogen (secondary N) is 2. The molecule has 1 aromatic heterocycles. The quantitative estimate of drug-likeness (QED) is 0.359. The molecule has 1 saturated heterocycles. The molecule has 228 valence electrons. The number of likely N-dealkylation sites (N-methyl/N-ethyl adjacent to an activating group) is 1. The van der Waals surface area contributed by atoms with Gasteiger partial charge in [0.15, 0.2) is 6.17 Å². The van der Waals surface area contributed by atoms with Crippen LogP contribution in [-0.2, 0) is 16.8 Å². The van der Waals surface area contributed by atoms with Gasteiger partial charge in [-0.3, -0.25) is 14.5 Å². The minimum atomic E-state index is -1.34. The second-order valence-corrected chi connectivity index (χ2v) is 12.3. The normalized spacial score (nSPS) is 17.9. The van der Waals surface area contributed by atoms with Gasteiger partial charge in [0, 0.05) is 43.9 Å². The van der Waals surface area contributed by atoms with E-state index in [2.05, 4.69) is 27.5 Å². The van der Waals surface area contributed by atoms with Crippen LogP contribution in [0.4, 0.5) is 14.3 Å². The summed E-state index contributed by atoms with van der Waals surface area (Å²) < 4.78 is 20.7. The number of ether oxygens (including phenoxy) is 1. The number of thiophene rings is 1. The molecule has 0 radical (unpaired) electrons. The number of anilines is 1. The number of carbonyl (C=O) groups is 3. The first-order valence-electron chi connectivity index (χ1n) is 14.3. The Bertz CT molecular complexity index is 1460. The zero-order valence-electron chi connectivity index (χ0n) is 24.8. The summed E-state index contributed by atoms with van der Waals surface area (Å²) in [4.78, 5) is 44.2. The largest absolute Gasteiger partial charge is 0.448 e. The number of nitrogens with zero attached hydrogens (tertiary/aromatic N) is 4. The Kier molecular flexibility index (Phi) is 9.11. The van der Waals surface area contributed by atoms with E-state index in [4.69, 9.17) is 4.74 Å². The van der Waals surface area contributed by atoms with Gasteiger partial charge in [0.2, 0.25) is 0 Å². The van der Waals surface area contributed by atoms with Gasteiger partial charge in [-0.25, -0.2) is 4.79 Å². The summed E-state index contributed by atoms with van der Waals surface area (Å²) in [5, 5.41) is 6.71. The molecular formula is C31H37FN6O4S. The summed E-state index contributed by atoms with van der Waals surface area (Å²) >= 11 is 0.950. The third kappa shape index (κ3) is 6.72. The second kappa shape index (κ2) is 12.8. The molecule has 2 aliphatic heterocycles. The highest BCUT2D eigenvalue weighted by molar-refractivity contribution is 7.18. The summed E-state index contributed by atoms with van der Waals surface area (Å²) in [6, 6.07) is 18.2. The average Bonchev–Trinajstić information content (AvgIpc) is 3.52. The van der Waals surface area contributed by atoms with Gasteiger partial charge in [0.05, 0.1) is 17.0 Å². The van der Waals surface area contributed by atoms with Crippen molar-refractivity contribution in [3.05, 3.63) is 87.8 Å². The van der Waals surface area contributed by atoms with Crippen LogP contribution in [0, 0.1) is 0 Å². The van der Waals surface area contributed by atoms with Crippen molar-refractivity contribution in [2.75, 3.05) is 44.8 Å². The van der Waals surface area contributed by atoms with Gasteiger partial charge in [0.1, 0.15) is 5.00 Å². The van der Waals surface area contributed by atoms with Gasteiger partial charge in [-0.1, -0.05) is 42.5 Å². The van der Waals surface area contributed by atoms with Crippen LogP contribution in [-0.4, -0.2) is 72.8 Å². The molecule has 12 heteroatoms. The van der Waals surface area contributed by atoms with Crippen LogP contribution in [0.25, 0.3) is 0 Å². The van der Waals surface area contributed by atoms with Crippen molar-refractivity contribution in [2.45, 2.75) is 39.0 Å². The summed E-state index contributed by atoms with van der Waals surface area (Å²) in [5.41, 5.74) is 1.93.